The van der Waals surface area contributed by atoms with Crippen molar-refractivity contribution in [3.05, 3.63) is 0 Å². The number of nitrogens with one attached hydrogen (secondary N) is 2. The van der Waals surface area contributed by atoms with Gasteiger partial charge in [0.1, 0.15) is 9.84 Å². The average molecular weight is 305 g/mol. The minimum absolute atomic E-state index is 0.213. The fraction of sp³-hybridized carbons (Fsp3) is 0.929. The molecule has 5 nitrogen and oxygen atoms in total. The summed E-state index contributed by atoms with van der Waals surface area (Å²) >= 11 is 0. The second kappa shape index (κ2) is 10.9. The molecule has 120 valence electrons. The number of unbranched alkanes of at least 4 members (excludes halogenated alkanes) is 1. The van der Waals surface area contributed by atoms with Crippen molar-refractivity contribution in [3.63, 3.8) is 0 Å². The van der Waals surface area contributed by atoms with Gasteiger partial charge in [-0.3, -0.25) is 4.99 Å². The van der Waals surface area contributed by atoms with E-state index in [0.717, 1.165) is 18.9 Å². The minimum atomic E-state index is -2.87. The highest BCUT2D eigenvalue weighted by atomic mass is 32.2. The molecule has 0 aromatic carbocycles. The molecule has 1 unspecified atom stereocenters. The molecule has 1 atom stereocenters. The molecule has 0 fully saturated rings. The lowest BCUT2D eigenvalue weighted by Crippen LogP contribution is -2.40. The third-order valence-corrected chi connectivity index (χ3v) is 4.34. The molecule has 0 aromatic rings. The number of nitrogens with zero attached hydrogens (tertiary/aromatic N) is 1. The lowest BCUT2D eigenvalue weighted by molar-refractivity contribution is 0.443. The van der Waals surface area contributed by atoms with Gasteiger partial charge in [-0.25, -0.2) is 8.42 Å². The van der Waals surface area contributed by atoms with Crippen molar-refractivity contribution < 1.29 is 8.42 Å². The van der Waals surface area contributed by atoms with Crippen LogP contribution in [0.5, 0.6) is 0 Å². The Labute approximate surface area is 124 Å². The Balaban J connectivity index is 3.92. The van der Waals surface area contributed by atoms with Crippen LogP contribution in [0.4, 0.5) is 0 Å². The van der Waals surface area contributed by atoms with E-state index < -0.39 is 9.84 Å². The fourth-order valence-corrected chi connectivity index (χ4v) is 2.61. The quantitative estimate of drug-likeness (QED) is 0.367. The molecule has 0 radical (unpaired) electrons. The molecule has 0 saturated carbocycles. The van der Waals surface area contributed by atoms with E-state index in [1.54, 1.807) is 7.05 Å². The molecule has 0 aliphatic rings. The number of hydrogen-bond donors (Lipinski definition) is 2. The molecule has 0 rings (SSSR count). The van der Waals surface area contributed by atoms with E-state index in [1.807, 2.05) is 0 Å². The lowest BCUT2D eigenvalue weighted by atomic mass is 9.99. The van der Waals surface area contributed by atoms with Crippen molar-refractivity contribution in [2.45, 2.75) is 46.0 Å². The molecule has 0 amide bonds. The Kier molecular flexibility index (Phi) is 10.5. The van der Waals surface area contributed by atoms with Crippen molar-refractivity contribution in [2.24, 2.45) is 10.9 Å². The highest BCUT2D eigenvalue weighted by molar-refractivity contribution is 7.90. The van der Waals surface area contributed by atoms with Crippen LogP contribution in [0.15, 0.2) is 4.99 Å². The first-order valence-corrected chi connectivity index (χ1v) is 9.61. The summed E-state index contributed by atoms with van der Waals surface area (Å²) < 4.78 is 22.1. The topological polar surface area (TPSA) is 70.6 Å². The lowest BCUT2D eigenvalue weighted by Gasteiger charge is -2.17. The standard InChI is InChI=1S/C14H31N3O2S/c1-5-7-9-13(6-2)12-17-14(15-3)16-10-8-11-20(4,18)19/h13H,5-12H2,1-4H3,(H2,15,16,17). The Hall–Kier alpha value is -0.780. The monoisotopic (exact) mass is 305 g/mol. The van der Waals surface area contributed by atoms with E-state index in [2.05, 4.69) is 29.5 Å². The molecule has 0 bridgehead atoms. The maximum Gasteiger partial charge on any atom is 0.190 e. The van der Waals surface area contributed by atoms with Gasteiger partial charge in [0, 0.05) is 26.4 Å². The maximum atomic E-state index is 11.0. The van der Waals surface area contributed by atoms with Crippen LogP contribution in [0.1, 0.15) is 46.0 Å². The zero-order chi connectivity index (χ0) is 15.4. The predicted octanol–water partition coefficient (Wildman–Crippen LogP) is 1.80. The molecule has 0 heterocycles. The number of rotatable bonds is 10. The van der Waals surface area contributed by atoms with Crippen LogP contribution >= 0.6 is 0 Å². The highest BCUT2D eigenvalue weighted by Crippen LogP contribution is 2.10. The Morgan fingerprint density at radius 2 is 1.90 bits per heavy atom. The zero-order valence-electron chi connectivity index (χ0n) is 13.4. The molecule has 2 N–H and O–H groups in total. The van der Waals surface area contributed by atoms with Crippen LogP contribution < -0.4 is 10.6 Å². The van der Waals surface area contributed by atoms with Gasteiger partial charge in [0.2, 0.25) is 0 Å². The Morgan fingerprint density at radius 3 is 2.40 bits per heavy atom. The normalized spacial score (nSPS) is 14.1. The largest absolute Gasteiger partial charge is 0.356 e. The van der Waals surface area contributed by atoms with Crippen LogP contribution in [-0.4, -0.2) is 46.5 Å². The van der Waals surface area contributed by atoms with Crippen LogP contribution in [0.2, 0.25) is 0 Å². The molecule has 0 aromatic heterocycles. The smallest absolute Gasteiger partial charge is 0.190 e. The summed E-state index contributed by atoms with van der Waals surface area (Å²) in [4.78, 5) is 4.15. The zero-order valence-corrected chi connectivity index (χ0v) is 14.2. The molecule has 0 saturated heterocycles. The van der Waals surface area contributed by atoms with Crippen LogP contribution in [0, 0.1) is 5.92 Å². The van der Waals surface area contributed by atoms with Crippen molar-refractivity contribution in [2.75, 3.05) is 32.1 Å². The van der Waals surface area contributed by atoms with Crippen LogP contribution in [-0.2, 0) is 9.84 Å². The molecule has 0 aliphatic heterocycles. The summed E-state index contributed by atoms with van der Waals surface area (Å²) in [6.45, 7) is 5.97. The minimum Gasteiger partial charge on any atom is -0.356 e. The van der Waals surface area contributed by atoms with E-state index in [0.29, 0.717) is 18.9 Å². The highest BCUT2D eigenvalue weighted by Gasteiger charge is 2.07. The first-order valence-electron chi connectivity index (χ1n) is 7.55. The average Bonchev–Trinajstić information content (AvgIpc) is 2.40. The van der Waals surface area contributed by atoms with E-state index in [-0.39, 0.29) is 5.75 Å². The van der Waals surface area contributed by atoms with Crippen LogP contribution in [0.3, 0.4) is 0 Å². The summed E-state index contributed by atoms with van der Waals surface area (Å²) in [5.41, 5.74) is 0. The van der Waals surface area contributed by atoms with Gasteiger partial charge in [-0.05, 0) is 18.8 Å². The molecule has 20 heavy (non-hydrogen) atoms. The van der Waals surface area contributed by atoms with Gasteiger partial charge in [0.15, 0.2) is 5.96 Å². The third-order valence-electron chi connectivity index (χ3n) is 3.31. The van der Waals surface area contributed by atoms with E-state index in [4.69, 9.17) is 0 Å². The van der Waals surface area contributed by atoms with Gasteiger partial charge in [0.05, 0.1) is 5.75 Å². The van der Waals surface area contributed by atoms with Gasteiger partial charge >= 0.3 is 0 Å². The van der Waals surface area contributed by atoms with E-state index in [9.17, 15) is 8.42 Å². The van der Waals surface area contributed by atoms with Gasteiger partial charge in [0.25, 0.3) is 0 Å². The van der Waals surface area contributed by atoms with Crippen molar-refractivity contribution in [3.8, 4) is 0 Å². The first kappa shape index (κ1) is 19.2. The van der Waals surface area contributed by atoms with Crippen LogP contribution in [0.25, 0.3) is 0 Å². The summed E-state index contributed by atoms with van der Waals surface area (Å²) in [7, 11) is -1.13. The SMILES string of the molecule is CCCCC(CC)CNC(=NC)NCCCS(C)(=O)=O. The maximum absolute atomic E-state index is 11.0. The molecule has 0 aliphatic carbocycles. The van der Waals surface area contributed by atoms with E-state index >= 15 is 0 Å². The summed E-state index contributed by atoms with van der Waals surface area (Å²) in [6.07, 6.45) is 6.77. The van der Waals surface area contributed by atoms with E-state index in [1.165, 1.54) is 25.5 Å². The number of hydrogen-bond acceptors (Lipinski definition) is 3. The summed E-state index contributed by atoms with van der Waals surface area (Å²) in [5, 5.41) is 6.47. The second-order valence-electron chi connectivity index (χ2n) is 5.28. The Morgan fingerprint density at radius 1 is 1.20 bits per heavy atom. The third kappa shape index (κ3) is 11.1. The fourth-order valence-electron chi connectivity index (χ4n) is 1.95. The molecular formula is C14H31N3O2S. The van der Waals surface area contributed by atoms with Crippen molar-refractivity contribution in [1.82, 2.24) is 10.6 Å². The molecule has 0 spiro atoms. The number of sulfone groups is 1. The molecule has 6 heteroatoms. The number of guanidine groups is 1. The molecular weight excluding hydrogens is 274 g/mol. The van der Waals surface area contributed by atoms with Gasteiger partial charge < -0.3 is 10.6 Å². The number of aliphatic imine (C=N–C) groups is 1. The predicted molar refractivity (Wildman–Crippen MR) is 87.0 cm³/mol. The summed E-state index contributed by atoms with van der Waals surface area (Å²) in [6, 6.07) is 0. The van der Waals surface area contributed by atoms with Gasteiger partial charge in [-0.2, -0.15) is 0 Å². The summed E-state index contributed by atoms with van der Waals surface area (Å²) in [5.74, 6) is 1.64. The second-order valence-corrected chi connectivity index (χ2v) is 7.54. The van der Waals surface area contributed by atoms with Gasteiger partial charge in [-0.1, -0.05) is 33.1 Å². The van der Waals surface area contributed by atoms with Crippen molar-refractivity contribution >= 4 is 15.8 Å². The Bertz CT molecular complexity index is 367. The van der Waals surface area contributed by atoms with Gasteiger partial charge in [-0.15, -0.1) is 0 Å². The first-order chi connectivity index (χ1) is 9.42. The van der Waals surface area contributed by atoms with Crippen molar-refractivity contribution in [1.29, 1.82) is 0 Å².